The number of rotatable bonds is 5. The lowest BCUT2D eigenvalue weighted by Gasteiger charge is -2.13. The van der Waals surface area contributed by atoms with Crippen LogP contribution in [0.2, 0.25) is 0 Å². The summed E-state index contributed by atoms with van der Waals surface area (Å²) in [6.07, 6.45) is 5.92. The van der Waals surface area contributed by atoms with Crippen molar-refractivity contribution in [3.8, 4) is 0 Å². The normalized spacial score (nSPS) is 12.9. The fourth-order valence-electron chi connectivity index (χ4n) is 1.75. The van der Waals surface area contributed by atoms with Crippen molar-refractivity contribution in [2.24, 2.45) is 12.9 Å². The Morgan fingerprint density at radius 2 is 2.29 bits per heavy atom. The second kappa shape index (κ2) is 5.07. The van der Waals surface area contributed by atoms with Crippen molar-refractivity contribution in [3.05, 3.63) is 30.4 Å². The van der Waals surface area contributed by atoms with E-state index in [1.807, 2.05) is 29.4 Å². The highest BCUT2D eigenvalue weighted by atomic mass is 15.3. The molecule has 0 aliphatic carbocycles. The minimum absolute atomic E-state index is 0.0503. The van der Waals surface area contributed by atoms with Gasteiger partial charge in [-0.05, 0) is 6.92 Å². The molecular formula is C10H17N7. The summed E-state index contributed by atoms with van der Waals surface area (Å²) in [5, 5.41) is 4.13. The first-order valence-electron chi connectivity index (χ1n) is 5.55. The van der Waals surface area contributed by atoms with Gasteiger partial charge < -0.3 is 4.57 Å². The number of hydrogen-bond acceptors (Lipinski definition) is 5. The van der Waals surface area contributed by atoms with E-state index in [0.29, 0.717) is 6.42 Å². The maximum Gasteiger partial charge on any atom is 0.138 e. The van der Waals surface area contributed by atoms with Crippen LogP contribution in [0.25, 0.3) is 0 Å². The van der Waals surface area contributed by atoms with Crippen molar-refractivity contribution in [3.63, 3.8) is 0 Å². The van der Waals surface area contributed by atoms with Crippen molar-refractivity contribution < 1.29 is 0 Å². The number of hydrazine groups is 1. The number of nitrogens with zero attached hydrogens (tertiary/aromatic N) is 5. The Bertz CT molecular complexity index is 472. The van der Waals surface area contributed by atoms with E-state index in [4.69, 9.17) is 5.84 Å². The molecule has 7 nitrogen and oxygen atoms in total. The van der Waals surface area contributed by atoms with Crippen molar-refractivity contribution >= 4 is 0 Å². The zero-order valence-electron chi connectivity index (χ0n) is 10.0. The number of nitrogens with one attached hydrogen (secondary N) is 1. The highest BCUT2D eigenvalue weighted by Gasteiger charge is 2.16. The molecule has 92 valence electrons. The molecule has 1 unspecified atom stereocenters. The van der Waals surface area contributed by atoms with Crippen LogP contribution < -0.4 is 11.3 Å². The molecule has 3 N–H and O–H groups in total. The second-order valence-electron chi connectivity index (χ2n) is 3.88. The van der Waals surface area contributed by atoms with Crippen molar-refractivity contribution in [2.75, 3.05) is 0 Å². The number of hydrogen-bond donors (Lipinski definition) is 2. The van der Waals surface area contributed by atoms with Gasteiger partial charge in [0, 0.05) is 26.2 Å². The van der Waals surface area contributed by atoms with Gasteiger partial charge in [-0.2, -0.15) is 5.10 Å². The van der Waals surface area contributed by atoms with Crippen molar-refractivity contribution in [1.82, 2.24) is 29.7 Å². The molecule has 0 saturated carbocycles. The summed E-state index contributed by atoms with van der Waals surface area (Å²) in [6, 6.07) is -0.0503. The summed E-state index contributed by atoms with van der Waals surface area (Å²) in [5.74, 6) is 6.47. The Morgan fingerprint density at radius 3 is 2.88 bits per heavy atom. The van der Waals surface area contributed by atoms with Crippen molar-refractivity contribution in [1.29, 1.82) is 0 Å². The molecule has 2 heterocycles. The van der Waals surface area contributed by atoms with Crippen LogP contribution in [-0.2, 0) is 20.0 Å². The minimum Gasteiger partial charge on any atom is -0.340 e. The zero-order chi connectivity index (χ0) is 12.3. The van der Waals surface area contributed by atoms with Crippen LogP contribution in [0.15, 0.2) is 18.9 Å². The minimum atomic E-state index is -0.0503. The Balaban J connectivity index is 2.15. The zero-order valence-corrected chi connectivity index (χ0v) is 10.0. The third-order valence-corrected chi connectivity index (χ3v) is 2.67. The molecule has 0 aliphatic heterocycles. The Morgan fingerprint density at radius 1 is 1.47 bits per heavy atom. The van der Waals surface area contributed by atoms with Gasteiger partial charge in [0.1, 0.15) is 12.2 Å². The Hall–Kier alpha value is -1.73. The maximum absolute atomic E-state index is 5.57. The molecule has 0 fully saturated rings. The molecule has 2 aromatic heterocycles. The number of aromatic nitrogens is 5. The molecule has 17 heavy (non-hydrogen) atoms. The van der Waals surface area contributed by atoms with Gasteiger partial charge in [-0.25, -0.2) is 9.97 Å². The van der Waals surface area contributed by atoms with Gasteiger partial charge in [0.2, 0.25) is 0 Å². The monoisotopic (exact) mass is 235 g/mol. The Labute approximate surface area is 99.6 Å². The average molecular weight is 235 g/mol. The van der Waals surface area contributed by atoms with E-state index in [1.165, 1.54) is 0 Å². The molecule has 2 rings (SSSR count). The molecule has 0 aromatic carbocycles. The SMILES string of the molecule is CCn1ncnc1CC(NN)c1cn(C)cn1. The predicted octanol–water partition coefficient (Wildman–Crippen LogP) is -0.221. The van der Waals surface area contributed by atoms with E-state index < -0.39 is 0 Å². The van der Waals surface area contributed by atoms with Crippen LogP contribution in [0.5, 0.6) is 0 Å². The molecule has 0 aliphatic rings. The first-order chi connectivity index (χ1) is 8.24. The highest BCUT2D eigenvalue weighted by Crippen LogP contribution is 2.14. The predicted molar refractivity (Wildman–Crippen MR) is 62.7 cm³/mol. The van der Waals surface area contributed by atoms with Gasteiger partial charge in [0.25, 0.3) is 0 Å². The quantitative estimate of drug-likeness (QED) is 0.552. The summed E-state index contributed by atoms with van der Waals surface area (Å²) in [4.78, 5) is 8.51. The lowest BCUT2D eigenvalue weighted by Crippen LogP contribution is -2.30. The lowest BCUT2D eigenvalue weighted by molar-refractivity contribution is 0.502. The molecule has 0 saturated heterocycles. The van der Waals surface area contributed by atoms with Gasteiger partial charge >= 0.3 is 0 Å². The molecule has 7 heteroatoms. The molecule has 0 spiro atoms. The van der Waals surface area contributed by atoms with Gasteiger partial charge in [0.05, 0.1) is 18.1 Å². The van der Waals surface area contributed by atoms with Crippen LogP contribution in [0.4, 0.5) is 0 Å². The van der Waals surface area contributed by atoms with E-state index in [1.54, 1.807) is 12.7 Å². The van der Waals surface area contributed by atoms with Crippen LogP contribution in [0.3, 0.4) is 0 Å². The fourth-order valence-corrected chi connectivity index (χ4v) is 1.75. The van der Waals surface area contributed by atoms with Crippen LogP contribution in [0.1, 0.15) is 24.5 Å². The van der Waals surface area contributed by atoms with E-state index in [-0.39, 0.29) is 6.04 Å². The summed E-state index contributed by atoms with van der Waals surface area (Å²) in [7, 11) is 1.93. The number of imidazole rings is 1. The summed E-state index contributed by atoms with van der Waals surface area (Å²) >= 11 is 0. The Kier molecular flexibility index (Phi) is 3.50. The standard InChI is InChI=1S/C10H17N7/c1-3-17-10(12-6-14-17)4-8(15-11)9-5-16(2)7-13-9/h5-8,15H,3-4,11H2,1-2H3. The van der Waals surface area contributed by atoms with Gasteiger partial charge in [-0.1, -0.05) is 0 Å². The molecule has 2 aromatic rings. The summed E-state index contributed by atoms with van der Waals surface area (Å²) in [6.45, 7) is 2.83. The molecule has 0 amide bonds. The smallest absolute Gasteiger partial charge is 0.138 e. The molecular weight excluding hydrogens is 218 g/mol. The average Bonchev–Trinajstić information content (AvgIpc) is 2.94. The van der Waals surface area contributed by atoms with Crippen LogP contribution >= 0.6 is 0 Å². The van der Waals surface area contributed by atoms with Gasteiger partial charge in [0.15, 0.2) is 0 Å². The molecule has 1 atom stereocenters. The van der Waals surface area contributed by atoms with Crippen LogP contribution in [-0.4, -0.2) is 24.3 Å². The molecule has 0 radical (unpaired) electrons. The number of nitrogens with two attached hydrogens (primary N) is 1. The third kappa shape index (κ3) is 2.51. The first-order valence-corrected chi connectivity index (χ1v) is 5.55. The van der Waals surface area contributed by atoms with Crippen LogP contribution in [0, 0.1) is 0 Å². The molecule has 0 bridgehead atoms. The topological polar surface area (TPSA) is 86.6 Å². The maximum atomic E-state index is 5.57. The number of aryl methyl sites for hydroxylation is 2. The second-order valence-corrected chi connectivity index (χ2v) is 3.88. The first kappa shape index (κ1) is 11.7. The van der Waals surface area contributed by atoms with E-state index >= 15 is 0 Å². The lowest BCUT2D eigenvalue weighted by atomic mass is 10.1. The summed E-state index contributed by atoms with van der Waals surface area (Å²) in [5.41, 5.74) is 3.67. The van der Waals surface area contributed by atoms with Gasteiger partial charge in [-0.15, -0.1) is 0 Å². The van der Waals surface area contributed by atoms with E-state index in [9.17, 15) is 0 Å². The van der Waals surface area contributed by atoms with E-state index in [0.717, 1.165) is 18.1 Å². The van der Waals surface area contributed by atoms with Gasteiger partial charge in [-0.3, -0.25) is 16.0 Å². The van der Waals surface area contributed by atoms with E-state index in [2.05, 4.69) is 20.5 Å². The fraction of sp³-hybridized carbons (Fsp3) is 0.500. The largest absolute Gasteiger partial charge is 0.340 e. The summed E-state index contributed by atoms with van der Waals surface area (Å²) < 4.78 is 3.75. The highest BCUT2D eigenvalue weighted by molar-refractivity contribution is 5.06. The third-order valence-electron chi connectivity index (χ3n) is 2.67. The van der Waals surface area contributed by atoms with Crippen molar-refractivity contribution in [2.45, 2.75) is 25.9 Å².